The lowest BCUT2D eigenvalue weighted by Gasteiger charge is -2.15. The second kappa shape index (κ2) is 13.7. The number of aromatic nitrogens is 2. The number of rotatable bonds is 6. The molecule has 11 rings (SSSR count). The molecule has 0 aliphatic carbocycles. The van der Waals surface area contributed by atoms with E-state index in [0.717, 1.165) is 66.9 Å². The van der Waals surface area contributed by atoms with Gasteiger partial charge in [-0.05, 0) is 106 Å². The summed E-state index contributed by atoms with van der Waals surface area (Å²) in [5, 5.41) is 2.14. The number of fused-ring (bicyclic) bond motifs is 6. The molecule has 2 nitrogen and oxygen atoms in total. The quantitative estimate of drug-likeness (QED) is 0.160. The predicted octanol–water partition coefficient (Wildman–Crippen LogP) is 15.2. The molecule has 0 aliphatic rings. The zero-order valence-electron chi connectivity index (χ0n) is 37.5. The molecule has 0 saturated carbocycles. The van der Waals surface area contributed by atoms with Gasteiger partial charge < -0.3 is 9.13 Å². The molecule has 0 aliphatic heterocycles. The number of nitrogens with zero attached hydrogens (tertiary/aromatic N) is 2. The molecule has 2 heterocycles. The van der Waals surface area contributed by atoms with Gasteiger partial charge in [0.15, 0.2) is 0 Å². The topological polar surface area (TPSA) is 9.86 Å². The molecule has 0 bridgehead atoms. The van der Waals surface area contributed by atoms with Crippen molar-refractivity contribution in [3.05, 3.63) is 217 Å². The third-order valence-corrected chi connectivity index (χ3v) is 11.6. The van der Waals surface area contributed by atoms with Crippen LogP contribution in [0.2, 0.25) is 0 Å². The van der Waals surface area contributed by atoms with Crippen molar-refractivity contribution in [1.82, 2.24) is 9.13 Å². The highest BCUT2D eigenvalue weighted by atomic mass is 15.0. The van der Waals surface area contributed by atoms with E-state index in [1.807, 2.05) is 130 Å². The maximum absolute atomic E-state index is 9.35. The van der Waals surface area contributed by atoms with E-state index in [2.05, 4.69) is 84.9 Å². The molecule has 0 spiro atoms. The van der Waals surface area contributed by atoms with E-state index in [4.69, 9.17) is 0 Å². The van der Waals surface area contributed by atoms with Crippen molar-refractivity contribution >= 4 is 43.6 Å². The monoisotopic (exact) mass is 746 g/mol. The molecule has 0 amide bonds. The minimum Gasteiger partial charge on any atom is -0.309 e. The van der Waals surface area contributed by atoms with Gasteiger partial charge in [0.25, 0.3) is 0 Å². The van der Waals surface area contributed by atoms with Crippen LogP contribution in [0.3, 0.4) is 0 Å². The molecule has 0 radical (unpaired) electrons. The summed E-state index contributed by atoms with van der Waals surface area (Å²) < 4.78 is 60.0. The van der Waals surface area contributed by atoms with Gasteiger partial charge in [-0.15, -0.1) is 0 Å². The number of hydrogen-bond acceptors (Lipinski definition) is 0. The molecular weight excluding hydrogens is 701 g/mol. The molecule has 0 saturated heterocycles. The van der Waals surface area contributed by atoms with Crippen molar-refractivity contribution in [1.29, 1.82) is 0 Å². The second-order valence-corrected chi connectivity index (χ2v) is 14.9. The Balaban J connectivity index is 1.19. The maximum Gasteiger partial charge on any atom is 0.0580 e. The van der Waals surface area contributed by atoms with E-state index >= 15 is 0 Å². The van der Waals surface area contributed by atoms with E-state index in [9.17, 15) is 8.22 Å². The maximum atomic E-state index is 9.35. The van der Waals surface area contributed by atoms with Gasteiger partial charge in [-0.25, -0.2) is 0 Å². The fraction of sp³-hybridized carbons (Fsp3) is 0.0357. The Morgan fingerprint density at radius 1 is 0.310 bits per heavy atom. The lowest BCUT2D eigenvalue weighted by Crippen LogP contribution is -1.99. The largest absolute Gasteiger partial charge is 0.309 e. The SMILES string of the molecule is [2H]C([2H])([2H])c1c2c3ccccc3n(-c3cccc(-c4ccc(-c5ccccc5)cc4)c3)c2c(C([2H])([2H])[2H])c2c3ccccc3n(-c3cccc(-c4ccc(-c5ccccc5)cc4)c3)c12. The van der Waals surface area contributed by atoms with E-state index in [0.29, 0.717) is 32.6 Å². The van der Waals surface area contributed by atoms with Gasteiger partial charge in [0.05, 0.1) is 22.1 Å². The minimum absolute atomic E-state index is 0.113. The van der Waals surface area contributed by atoms with Crippen LogP contribution in [-0.4, -0.2) is 9.13 Å². The molecular formula is C56H40N2. The zero-order valence-corrected chi connectivity index (χ0v) is 31.5. The van der Waals surface area contributed by atoms with Crippen molar-refractivity contribution in [2.24, 2.45) is 0 Å². The first-order valence-electron chi connectivity index (χ1n) is 22.6. The van der Waals surface area contributed by atoms with E-state index in [1.54, 1.807) is 0 Å². The number of aryl methyl sites for hydroxylation is 2. The number of para-hydroxylation sites is 2. The Kier molecular flexibility index (Phi) is 6.60. The van der Waals surface area contributed by atoms with Crippen LogP contribution in [-0.2, 0) is 0 Å². The molecule has 2 aromatic heterocycles. The van der Waals surface area contributed by atoms with Crippen LogP contribution in [0.5, 0.6) is 0 Å². The standard InChI is InChI=1S/C56H40N2/c1-37-53-49-23-9-11-25-51(49)58(48-22-14-20-46(36-48)44-33-29-42(30-34-44)40-17-7-4-8-18-40)56(53)38(2)54-50-24-10-12-26-52(50)57(55(37)54)47-21-13-19-45(35-47)43-31-27-41(28-32-43)39-15-5-3-6-16-39/h3-36H,1-2H3/i1D3,2D3. The molecule has 0 fully saturated rings. The Hall–Kier alpha value is -7.42. The Bertz CT molecular complexity index is 3310. The summed E-state index contributed by atoms with van der Waals surface area (Å²) in [7, 11) is 0. The van der Waals surface area contributed by atoms with Gasteiger partial charge in [-0.1, -0.05) is 170 Å². The summed E-state index contributed by atoms with van der Waals surface area (Å²) in [6, 6.07) is 68.8. The Morgan fingerprint density at radius 2 is 0.638 bits per heavy atom. The van der Waals surface area contributed by atoms with Gasteiger partial charge in [0, 0.05) is 41.1 Å². The number of benzene rings is 9. The zero-order chi connectivity index (χ0) is 43.7. The van der Waals surface area contributed by atoms with E-state index < -0.39 is 13.7 Å². The van der Waals surface area contributed by atoms with Gasteiger partial charge in [-0.2, -0.15) is 0 Å². The summed E-state index contributed by atoms with van der Waals surface area (Å²) >= 11 is 0. The van der Waals surface area contributed by atoms with E-state index in [1.165, 1.54) is 0 Å². The molecule has 0 unspecified atom stereocenters. The molecule has 11 aromatic rings. The van der Waals surface area contributed by atoms with Crippen LogP contribution in [0.15, 0.2) is 206 Å². The van der Waals surface area contributed by atoms with Crippen LogP contribution < -0.4 is 0 Å². The molecule has 0 N–H and O–H groups in total. The summed E-state index contributed by atoms with van der Waals surface area (Å²) in [5.41, 5.74) is 12.2. The van der Waals surface area contributed by atoms with Crippen molar-refractivity contribution < 1.29 is 8.22 Å². The Labute approximate surface area is 346 Å². The molecule has 0 atom stereocenters. The van der Waals surface area contributed by atoms with Crippen LogP contribution in [0.4, 0.5) is 0 Å². The molecule has 58 heavy (non-hydrogen) atoms. The minimum atomic E-state index is -2.65. The highest BCUT2D eigenvalue weighted by Crippen LogP contribution is 2.45. The first kappa shape index (κ1) is 28.0. The molecule has 2 heteroatoms. The summed E-state index contributed by atoms with van der Waals surface area (Å²) in [4.78, 5) is 0. The first-order valence-corrected chi connectivity index (χ1v) is 19.6. The normalized spacial score (nSPS) is 13.6. The van der Waals surface area contributed by atoms with Gasteiger partial charge in [-0.3, -0.25) is 0 Å². The van der Waals surface area contributed by atoms with Gasteiger partial charge in [0.1, 0.15) is 0 Å². The first-order chi connectivity index (χ1) is 31.0. The molecule has 274 valence electrons. The third-order valence-electron chi connectivity index (χ3n) is 11.6. The lowest BCUT2D eigenvalue weighted by molar-refractivity contribution is 1.16. The summed E-state index contributed by atoms with van der Waals surface area (Å²) in [6.07, 6.45) is 0. The third kappa shape index (κ3) is 5.41. The summed E-state index contributed by atoms with van der Waals surface area (Å²) in [6.45, 7) is -5.31. The summed E-state index contributed by atoms with van der Waals surface area (Å²) in [5.74, 6) is 0. The second-order valence-electron chi connectivity index (χ2n) is 14.9. The van der Waals surface area contributed by atoms with Crippen LogP contribution in [0.25, 0.3) is 99.5 Å². The fourth-order valence-electron chi connectivity index (χ4n) is 8.85. The average Bonchev–Trinajstić information content (AvgIpc) is 3.84. The van der Waals surface area contributed by atoms with Crippen molar-refractivity contribution in [3.63, 3.8) is 0 Å². The molecule has 9 aromatic carbocycles. The lowest BCUT2D eigenvalue weighted by atomic mass is 9.98. The van der Waals surface area contributed by atoms with Crippen LogP contribution in [0.1, 0.15) is 19.4 Å². The van der Waals surface area contributed by atoms with E-state index in [-0.39, 0.29) is 11.1 Å². The van der Waals surface area contributed by atoms with Crippen molar-refractivity contribution in [3.8, 4) is 55.9 Å². The number of hydrogen-bond donors (Lipinski definition) is 0. The average molecular weight is 747 g/mol. The van der Waals surface area contributed by atoms with Crippen LogP contribution in [0, 0.1) is 13.7 Å². The smallest absolute Gasteiger partial charge is 0.0580 e. The van der Waals surface area contributed by atoms with Crippen LogP contribution >= 0.6 is 0 Å². The fourth-order valence-corrected chi connectivity index (χ4v) is 8.85. The van der Waals surface area contributed by atoms with Gasteiger partial charge >= 0.3 is 0 Å². The predicted molar refractivity (Wildman–Crippen MR) is 246 cm³/mol. The van der Waals surface area contributed by atoms with Gasteiger partial charge in [0.2, 0.25) is 0 Å². The highest BCUT2D eigenvalue weighted by Gasteiger charge is 2.24. The highest BCUT2D eigenvalue weighted by molar-refractivity contribution is 6.23. The Morgan fingerprint density at radius 3 is 1.03 bits per heavy atom. The van der Waals surface area contributed by atoms with Crippen molar-refractivity contribution in [2.45, 2.75) is 13.7 Å². The van der Waals surface area contributed by atoms with Crippen molar-refractivity contribution in [2.75, 3.05) is 0 Å².